The maximum absolute atomic E-state index is 12.9. The highest BCUT2D eigenvalue weighted by Gasteiger charge is 2.30. The number of amides is 1. The van der Waals surface area contributed by atoms with Crippen molar-refractivity contribution < 1.29 is 4.79 Å². The van der Waals surface area contributed by atoms with Gasteiger partial charge in [-0.25, -0.2) is 4.68 Å². The molecule has 6 nitrogen and oxygen atoms in total. The van der Waals surface area contributed by atoms with Gasteiger partial charge in [-0.05, 0) is 17.5 Å². The second kappa shape index (κ2) is 6.72. The number of carbonyl (C=O) groups is 1. The molecule has 4 rings (SSSR count). The number of aryl methyl sites for hydroxylation is 1. The molecule has 1 amide bonds. The average Bonchev–Trinajstić information content (AvgIpc) is 3.04. The maximum atomic E-state index is 12.9. The SMILES string of the molecule is Cn1nnc2c1-c1ccccc1CC(C(=O)NCCN)c1ccccc1-2. The van der Waals surface area contributed by atoms with Gasteiger partial charge in [0.05, 0.1) is 11.6 Å². The summed E-state index contributed by atoms with van der Waals surface area (Å²) in [5, 5.41) is 11.6. The molecule has 0 aliphatic heterocycles. The Morgan fingerprint density at radius 1 is 1.19 bits per heavy atom. The number of rotatable bonds is 3. The molecule has 1 atom stereocenters. The number of hydrogen-bond acceptors (Lipinski definition) is 4. The van der Waals surface area contributed by atoms with E-state index in [0.29, 0.717) is 19.5 Å². The minimum atomic E-state index is -0.297. The van der Waals surface area contributed by atoms with Crippen molar-refractivity contribution in [1.82, 2.24) is 20.3 Å². The van der Waals surface area contributed by atoms with Gasteiger partial charge in [0.1, 0.15) is 5.69 Å². The van der Waals surface area contributed by atoms with Crippen LogP contribution in [0.1, 0.15) is 17.0 Å². The van der Waals surface area contributed by atoms with Gasteiger partial charge < -0.3 is 11.1 Å². The molecule has 0 bridgehead atoms. The van der Waals surface area contributed by atoms with Gasteiger partial charge in [0.15, 0.2) is 0 Å². The molecule has 1 aromatic heterocycles. The monoisotopic (exact) mass is 347 g/mol. The zero-order valence-corrected chi connectivity index (χ0v) is 14.6. The lowest BCUT2D eigenvalue weighted by Crippen LogP contribution is -2.34. The van der Waals surface area contributed by atoms with E-state index in [1.807, 2.05) is 43.4 Å². The minimum absolute atomic E-state index is 0.00922. The van der Waals surface area contributed by atoms with Gasteiger partial charge in [-0.2, -0.15) is 0 Å². The molecule has 1 aliphatic carbocycles. The number of nitrogens with zero attached hydrogens (tertiary/aromatic N) is 3. The fourth-order valence-electron chi connectivity index (χ4n) is 3.67. The molecule has 0 saturated heterocycles. The number of hydrogen-bond donors (Lipinski definition) is 2. The Kier molecular flexibility index (Phi) is 4.26. The molecular weight excluding hydrogens is 326 g/mol. The molecule has 1 heterocycles. The van der Waals surface area contributed by atoms with Gasteiger partial charge in [0.25, 0.3) is 0 Å². The fraction of sp³-hybridized carbons (Fsp3) is 0.250. The Bertz CT molecular complexity index is 962. The first-order chi connectivity index (χ1) is 12.7. The van der Waals surface area contributed by atoms with E-state index in [-0.39, 0.29) is 11.8 Å². The number of nitrogens with two attached hydrogens (primary N) is 1. The lowest BCUT2D eigenvalue weighted by atomic mass is 9.82. The van der Waals surface area contributed by atoms with Crippen molar-refractivity contribution in [3.8, 4) is 22.5 Å². The molecule has 1 aliphatic rings. The molecule has 0 spiro atoms. The molecule has 0 saturated carbocycles. The predicted molar refractivity (Wildman–Crippen MR) is 100 cm³/mol. The fourth-order valence-corrected chi connectivity index (χ4v) is 3.67. The first-order valence-electron chi connectivity index (χ1n) is 8.75. The van der Waals surface area contributed by atoms with Crippen molar-refractivity contribution in [3.05, 3.63) is 59.7 Å². The number of carbonyl (C=O) groups excluding carboxylic acids is 1. The normalized spacial score (nSPS) is 15.2. The number of fused-ring (bicyclic) bond motifs is 5. The summed E-state index contributed by atoms with van der Waals surface area (Å²) in [7, 11) is 1.90. The van der Waals surface area contributed by atoms with E-state index in [4.69, 9.17) is 5.73 Å². The summed E-state index contributed by atoms with van der Waals surface area (Å²) in [6.07, 6.45) is 0.619. The number of aromatic nitrogens is 3. The van der Waals surface area contributed by atoms with Crippen molar-refractivity contribution in [3.63, 3.8) is 0 Å². The summed E-state index contributed by atoms with van der Waals surface area (Å²) in [5.41, 5.74) is 11.5. The molecular formula is C20H21N5O. The van der Waals surface area contributed by atoms with Crippen LogP contribution in [-0.2, 0) is 18.3 Å². The van der Waals surface area contributed by atoms with Crippen molar-refractivity contribution in [2.75, 3.05) is 13.1 Å². The second-order valence-corrected chi connectivity index (χ2v) is 6.49. The summed E-state index contributed by atoms with van der Waals surface area (Å²) >= 11 is 0. The van der Waals surface area contributed by atoms with E-state index >= 15 is 0 Å². The van der Waals surface area contributed by atoms with Crippen LogP contribution >= 0.6 is 0 Å². The Labute approximate surface area is 152 Å². The number of benzene rings is 2. The summed E-state index contributed by atoms with van der Waals surface area (Å²) < 4.78 is 1.81. The van der Waals surface area contributed by atoms with Gasteiger partial charge in [-0.1, -0.05) is 53.7 Å². The summed E-state index contributed by atoms with van der Waals surface area (Å²) in [6.45, 7) is 0.889. The van der Waals surface area contributed by atoms with E-state index in [0.717, 1.165) is 33.6 Å². The summed E-state index contributed by atoms with van der Waals surface area (Å²) in [4.78, 5) is 12.9. The quantitative estimate of drug-likeness (QED) is 0.757. The average molecular weight is 347 g/mol. The van der Waals surface area contributed by atoms with Crippen LogP contribution in [0.15, 0.2) is 48.5 Å². The van der Waals surface area contributed by atoms with Gasteiger partial charge in [0.2, 0.25) is 5.91 Å². The summed E-state index contributed by atoms with van der Waals surface area (Å²) in [6, 6.07) is 16.1. The van der Waals surface area contributed by atoms with Crippen LogP contribution in [0.3, 0.4) is 0 Å². The van der Waals surface area contributed by atoms with Crippen LogP contribution in [-0.4, -0.2) is 34.0 Å². The minimum Gasteiger partial charge on any atom is -0.354 e. The highest BCUT2D eigenvalue weighted by Crippen LogP contribution is 2.40. The van der Waals surface area contributed by atoms with Gasteiger partial charge >= 0.3 is 0 Å². The van der Waals surface area contributed by atoms with E-state index < -0.39 is 0 Å². The van der Waals surface area contributed by atoms with E-state index in [1.165, 1.54) is 0 Å². The van der Waals surface area contributed by atoms with Crippen molar-refractivity contribution >= 4 is 5.91 Å². The topological polar surface area (TPSA) is 85.8 Å². The van der Waals surface area contributed by atoms with Crippen molar-refractivity contribution in [1.29, 1.82) is 0 Å². The standard InChI is InChI=1S/C20H21N5O/c1-25-19-14-7-3-2-6-13(14)12-17(20(26)22-11-10-21)15-8-4-5-9-16(15)18(19)23-24-25/h2-9,17H,10-12,21H2,1H3,(H,22,26). The third-order valence-electron chi connectivity index (χ3n) is 4.87. The molecule has 0 fully saturated rings. The molecule has 132 valence electrons. The zero-order valence-electron chi connectivity index (χ0n) is 14.6. The first kappa shape index (κ1) is 16.5. The van der Waals surface area contributed by atoms with Crippen LogP contribution in [0.25, 0.3) is 22.5 Å². The lowest BCUT2D eigenvalue weighted by Gasteiger charge is -2.24. The van der Waals surface area contributed by atoms with Crippen molar-refractivity contribution in [2.45, 2.75) is 12.3 Å². The molecule has 6 heteroatoms. The largest absolute Gasteiger partial charge is 0.354 e. The van der Waals surface area contributed by atoms with Gasteiger partial charge in [-0.3, -0.25) is 4.79 Å². The molecule has 3 N–H and O–H groups in total. The Morgan fingerprint density at radius 2 is 1.92 bits per heavy atom. The highest BCUT2D eigenvalue weighted by molar-refractivity contribution is 5.90. The van der Waals surface area contributed by atoms with Gasteiger partial charge in [-0.15, -0.1) is 5.10 Å². The summed E-state index contributed by atoms with van der Waals surface area (Å²) in [5.74, 6) is -0.306. The van der Waals surface area contributed by atoms with Crippen molar-refractivity contribution in [2.24, 2.45) is 12.8 Å². The van der Waals surface area contributed by atoms with Crippen LogP contribution in [0, 0.1) is 0 Å². The van der Waals surface area contributed by atoms with Crippen LogP contribution < -0.4 is 11.1 Å². The lowest BCUT2D eigenvalue weighted by molar-refractivity contribution is -0.122. The smallest absolute Gasteiger partial charge is 0.227 e. The predicted octanol–water partition coefficient (Wildman–Crippen LogP) is 1.86. The molecule has 3 aromatic rings. The molecule has 2 aromatic carbocycles. The maximum Gasteiger partial charge on any atom is 0.227 e. The first-order valence-corrected chi connectivity index (χ1v) is 8.75. The molecule has 0 radical (unpaired) electrons. The Balaban J connectivity index is 1.95. The highest BCUT2D eigenvalue weighted by atomic mass is 16.1. The molecule has 26 heavy (non-hydrogen) atoms. The third kappa shape index (κ3) is 2.68. The van der Waals surface area contributed by atoms with E-state index in [1.54, 1.807) is 4.68 Å². The third-order valence-corrected chi connectivity index (χ3v) is 4.87. The van der Waals surface area contributed by atoms with Crippen LogP contribution in [0.4, 0.5) is 0 Å². The number of nitrogens with one attached hydrogen (secondary N) is 1. The van der Waals surface area contributed by atoms with Crippen LogP contribution in [0.5, 0.6) is 0 Å². The Hall–Kier alpha value is -2.99. The van der Waals surface area contributed by atoms with Crippen LogP contribution in [0.2, 0.25) is 0 Å². The van der Waals surface area contributed by atoms with Gasteiger partial charge in [0, 0.05) is 31.3 Å². The van der Waals surface area contributed by atoms with E-state index in [2.05, 4.69) is 27.8 Å². The zero-order chi connectivity index (χ0) is 18.1. The van der Waals surface area contributed by atoms with E-state index in [9.17, 15) is 4.79 Å². The second-order valence-electron chi connectivity index (χ2n) is 6.49. The Morgan fingerprint density at radius 3 is 2.73 bits per heavy atom. The molecule has 1 unspecified atom stereocenters.